The van der Waals surface area contributed by atoms with E-state index in [1.807, 2.05) is 17.0 Å². The molecule has 0 bridgehead atoms. The van der Waals surface area contributed by atoms with Gasteiger partial charge >= 0.3 is 0 Å². The number of Topliss-reactive ketones (excluding diaryl/α,β-unsaturated/α-hetero) is 1. The largest absolute Gasteiger partial charge is 0.342 e. The Kier molecular flexibility index (Phi) is 11.3. The maximum Gasteiger partial charge on any atom is 0.226 e. The van der Waals surface area contributed by atoms with Gasteiger partial charge in [0, 0.05) is 60.9 Å². The van der Waals surface area contributed by atoms with E-state index in [1.54, 1.807) is 11.3 Å². The Hall–Kier alpha value is -3.29. The van der Waals surface area contributed by atoms with Crippen molar-refractivity contribution in [1.29, 1.82) is 0 Å². The summed E-state index contributed by atoms with van der Waals surface area (Å²) in [6, 6.07) is 21.6. The topological polar surface area (TPSA) is 58.4 Å². The van der Waals surface area contributed by atoms with Crippen LogP contribution in [-0.2, 0) is 17.8 Å². The van der Waals surface area contributed by atoms with Crippen molar-refractivity contribution in [3.05, 3.63) is 87.9 Å². The van der Waals surface area contributed by atoms with Gasteiger partial charge in [0.1, 0.15) is 5.82 Å². The molecule has 6 nitrogen and oxygen atoms in total. The molecular weight excluding hydrogens is 577 g/mol. The minimum atomic E-state index is -0.302. The molecule has 1 atom stereocenters. The van der Waals surface area contributed by atoms with Crippen molar-refractivity contribution >= 4 is 34.1 Å². The van der Waals surface area contributed by atoms with E-state index >= 15 is 0 Å². The van der Waals surface area contributed by atoms with E-state index in [4.69, 9.17) is 4.98 Å². The predicted molar refractivity (Wildman–Crippen MR) is 186 cm³/mol. The fraction of sp³-hybridized carbons (Fsp3) is 0.500. The number of thiophene rings is 1. The standard InChI is InChI=1S/C38H50N4O2S/c1-6-31(7-2)42-35-16-15-29(23-34(35)39-37(42)25-33-14-11-21-45-33)36(43)24-30(22-27(3)4)38(44)41-19-17-32(18-20-41)40(5)26-28-12-9-8-10-13-28/h8-16,21,23,27,30-32H,6-7,17-20,22,24-26H2,1-5H3/t30-/m1/s1. The fourth-order valence-corrected chi connectivity index (χ4v) is 7.75. The molecule has 1 amide bonds. The molecule has 1 fully saturated rings. The van der Waals surface area contributed by atoms with Gasteiger partial charge in [0.25, 0.3) is 0 Å². The van der Waals surface area contributed by atoms with Gasteiger partial charge in [-0.2, -0.15) is 0 Å². The van der Waals surface area contributed by atoms with Crippen LogP contribution in [0.2, 0.25) is 0 Å². The number of fused-ring (bicyclic) bond motifs is 1. The minimum absolute atomic E-state index is 0.0327. The van der Waals surface area contributed by atoms with E-state index in [2.05, 4.69) is 98.1 Å². The monoisotopic (exact) mass is 626 g/mol. The van der Waals surface area contributed by atoms with Gasteiger partial charge in [0.15, 0.2) is 5.78 Å². The van der Waals surface area contributed by atoms with Crippen LogP contribution in [0.4, 0.5) is 0 Å². The first-order chi connectivity index (χ1) is 21.8. The number of imidazole rings is 1. The Morgan fingerprint density at radius 2 is 1.73 bits per heavy atom. The summed E-state index contributed by atoms with van der Waals surface area (Å²) in [6.45, 7) is 11.1. The summed E-state index contributed by atoms with van der Waals surface area (Å²) in [5.41, 5.74) is 3.92. The average Bonchev–Trinajstić information content (AvgIpc) is 3.69. The van der Waals surface area contributed by atoms with Crippen LogP contribution in [0.1, 0.15) is 98.9 Å². The van der Waals surface area contributed by atoms with E-state index in [0.29, 0.717) is 23.6 Å². The van der Waals surface area contributed by atoms with Crippen LogP contribution in [0, 0.1) is 11.8 Å². The third kappa shape index (κ3) is 8.11. The molecule has 7 heteroatoms. The molecule has 1 saturated heterocycles. The third-order valence-corrected chi connectivity index (χ3v) is 10.4. The van der Waals surface area contributed by atoms with Gasteiger partial charge in [-0.05, 0) is 80.3 Å². The summed E-state index contributed by atoms with van der Waals surface area (Å²) < 4.78 is 2.38. The van der Waals surface area contributed by atoms with E-state index in [0.717, 1.165) is 75.0 Å². The van der Waals surface area contributed by atoms with E-state index in [9.17, 15) is 9.59 Å². The van der Waals surface area contributed by atoms with Crippen LogP contribution in [0.3, 0.4) is 0 Å². The fourth-order valence-electron chi connectivity index (χ4n) is 7.04. The quantitative estimate of drug-likeness (QED) is 0.132. The molecule has 2 aromatic heterocycles. The van der Waals surface area contributed by atoms with Gasteiger partial charge in [-0.3, -0.25) is 14.5 Å². The van der Waals surface area contributed by atoms with Crippen molar-refractivity contribution in [2.24, 2.45) is 11.8 Å². The molecule has 0 spiro atoms. The first kappa shape index (κ1) is 33.1. The highest BCUT2D eigenvalue weighted by molar-refractivity contribution is 7.09. The SMILES string of the molecule is CCC(CC)n1c(Cc2cccs2)nc2cc(C(=O)C[C@@H](CC(C)C)C(=O)N3CCC(N(C)Cc4ccccc4)CC3)ccc21. The third-order valence-electron chi connectivity index (χ3n) is 9.52. The second kappa shape index (κ2) is 15.3. The van der Waals surface area contributed by atoms with Crippen LogP contribution in [0.25, 0.3) is 11.0 Å². The summed E-state index contributed by atoms with van der Waals surface area (Å²) in [5, 5.41) is 2.11. The number of carbonyl (C=O) groups excluding carboxylic acids is 2. The first-order valence-corrected chi connectivity index (χ1v) is 17.7. The van der Waals surface area contributed by atoms with Gasteiger partial charge in [0.2, 0.25) is 5.91 Å². The van der Waals surface area contributed by atoms with E-state index < -0.39 is 0 Å². The highest BCUT2D eigenvalue weighted by Gasteiger charge is 2.32. The van der Waals surface area contributed by atoms with Crippen LogP contribution in [0.15, 0.2) is 66.0 Å². The first-order valence-electron chi connectivity index (χ1n) is 16.9. The van der Waals surface area contributed by atoms with Crippen LogP contribution < -0.4 is 0 Å². The lowest BCUT2D eigenvalue weighted by Gasteiger charge is -2.38. The van der Waals surface area contributed by atoms with Crippen molar-refractivity contribution in [1.82, 2.24) is 19.4 Å². The van der Waals surface area contributed by atoms with Crippen LogP contribution in [0.5, 0.6) is 0 Å². The molecule has 0 unspecified atom stereocenters. The zero-order valence-electron chi connectivity index (χ0n) is 27.7. The molecule has 1 aliphatic heterocycles. The Morgan fingerprint density at radius 1 is 1.00 bits per heavy atom. The molecule has 1 aliphatic rings. The molecule has 0 N–H and O–H groups in total. The van der Waals surface area contributed by atoms with Gasteiger partial charge in [-0.25, -0.2) is 4.98 Å². The minimum Gasteiger partial charge on any atom is -0.342 e. The van der Waals surface area contributed by atoms with Gasteiger partial charge in [0.05, 0.1) is 11.0 Å². The van der Waals surface area contributed by atoms with Crippen LogP contribution in [-0.4, -0.2) is 57.2 Å². The molecule has 240 valence electrons. The zero-order chi connectivity index (χ0) is 31.9. The van der Waals surface area contributed by atoms with Crippen molar-refractivity contribution in [3.63, 3.8) is 0 Å². The number of aromatic nitrogens is 2. The number of ketones is 1. The van der Waals surface area contributed by atoms with Gasteiger partial charge < -0.3 is 9.47 Å². The summed E-state index contributed by atoms with van der Waals surface area (Å²) in [6.07, 6.45) is 5.72. The predicted octanol–water partition coefficient (Wildman–Crippen LogP) is 8.41. The molecule has 0 aliphatic carbocycles. The molecule has 3 heterocycles. The smallest absolute Gasteiger partial charge is 0.226 e. The lowest BCUT2D eigenvalue weighted by molar-refractivity contribution is -0.137. The molecular formula is C38H50N4O2S. The zero-order valence-corrected chi connectivity index (χ0v) is 28.6. The molecule has 2 aromatic carbocycles. The molecule has 45 heavy (non-hydrogen) atoms. The Labute approximate surface area is 273 Å². The number of benzene rings is 2. The summed E-state index contributed by atoms with van der Waals surface area (Å²) >= 11 is 1.75. The van der Waals surface area contributed by atoms with Crippen LogP contribution >= 0.6 is 11.3 Å². The van der Waals surface area contributed by atoms with Crippen molar-refractivity contribution in [2.45, 2.75) is 91.3 Å². The Balaban J connectivity index is 1.28. The van der Waals surface area contributed by atoms with Gasteiger partial charge in [-0.1, -0.05) is 64.1 Å². The maximum atomic E-state index is 13.9. The Morgan fingerprint density at radius 3 is 2.38 bits per heavy atom. The maximum absolute atomic E-state index is 13.9. The second-order valence-electron chi connectivity index (χ2n) is 13.2. The number of rotatable bonds is 14. The van der Waals surface area contributed by atoms with Gasteiger partial charge in [-0.15, -0.1) is 11.3 Å². The number of likely N-dealkylation sites (tertiary alicyclic amines) is 1. The molecule has 4 aromatic rings. The number of amides is 1. The lowest BCUT2D eigenvalue weighted by Crippen LogP contribution is -2.47. The number of carbonyl (C=O) groups is 2. The summed E-state index contributed by atoms with van der Waals surface area (Å²) in [5.74, 6) is 1.25. The number of hydrogen-bond acceptors (Lipinski definition) is 5. The average molecular weight is 627 g/mol. The van der Waals surface area contributed by atoms with Crippen molar-refractivity contribution in [2.75, 3.05) is 20.1 Å². The molecule has 0 radical (unpaired) electrons. The van der Waals surface area contributed by atoms with E-state index in [-0.39, 0.29) is 24.0 Å². The second-order valence-corrected chi connectivity index (χ2v) is 14.3. The number of nitrogens with zero attached hydrogens (tertiary/aromatic N) is 4. The highest BCUT2D eigenvalue weighted by Crippen LogP contribution is 2.30. The normalized spacial score (nSPS) is 15.1. The molecule has 0 saturated carbocycles. The lowest BCUT2D eigenvalue weighted by atomic mass is 9.88. The van der Waals surface area contributed by atoms with E-state index in [1.165, 1.54) is 10.4 Å². The van der Waals surface area contributed by atoms with Crippen molar-refractivity contribution in [3.8, 4) is 0 Å². The highest BCUT2D eigenvalue weighted by atomic mass is 32.1. The number of hydrogen-bond donors (Lipinski definition) is 0. The summed E-state index contributed by atoms with van der Waals surface area (Å²) in [7, 11) is 2.19. The number of piperidine rings is 1. The molecule has 5 rings (SSSR count). The Bertz CT molecular complexity index is 1530. The summed E-state index contributed by atoms with van der Waals surface area (Å²) in [4.78, 5) is 38.4. The van der Waals surface area contributed by atoms with Crippen molar-refractivity contribution < 1.29 is 9.59 Å².